The molecule has 1 aliphatic carbocycles. The van der Waals surface area contributed by atoms with Crippen LogP contribution in [0.5, 0.6) is 0 Å². The van der Waals surface area contributed by atoms with E-state index in [9.17, 15) is 0 Å². The Morgan fingerprint density at radius 1 is 1.67 bits per heavy atom. The first-order chi connectivity index (χ1) is 5.79. The molecule has 1 heterocycles. The Morgan fingerprint density at radius 2 is 2.42 bits per heavy atom. The lowest BCUT2D eigenvalue weighted by Crippen LogP contribution is -2.22. The smallest absolute Gasteiger partial charge is 0.0551 e. The van der Waals surface area contributed by atoms with E-state index in [1.165, 1.54) is 25.0 Å². The fourth-order valence-electron chi connectivity index (χ4n) is 1.62. The highest BCUT2D eigenvalue weighted by atomic mass is 15.3. The van der Waals surface area contributed by atoms with Crippen molar-refractivity contribution in [1.29, 1.82) is 0 Å². The van der Waals surface area contributed by atoms with Crippen molar-refractivity contribution in [2.75, 3.05) is 0 Å². The largest absolute Gasteiger partial charge is 0.323 e. The lowest BCUT2D eigenvalue weighted by molar-refractivity contribution is 0.279. The third-order valence-corrected chi connectivity index (χ3v) is 2.59. The summed E-state index contributed by atoms with van der Waals surface area (Å²) in [4.78, 5) is 0. The van der Waals surface area contributed by atoms with Crippen LogP contribution in [-0.2, 0) is 0 Å². The van der Waals surface area contributed by atoms with Crippen molar-refractivity contribution in [2.24, 2.45) is 5.73 Å². The maximum absolute atomic E-state index is 5.81. The van der Waals surface area contributed by atoms with Gasteiger partial charge in [-0.25, -0.2) is 0 Å². The topological polar surface area (TPSA) is 43.8 Å². The zero-order chi connectivity index (χ0) is 8.55. The summed E-state index contributed by atoms with van der Waals surface area (Å²) in [7, 11) is 0. The Bertz CT molecular complexity index is 260. The van der Waals surface area contributed by atoms with Crippen molar-refractivity contribution in [1.82, 2.24) is 9.78 Å². The zero-order valence-corrected chi connectivity index (χ0v) is 7.40. The molecule has 3 heteroatoms. The zero-order valence-electron chi connectivity index (χ0n) is 7.40. The highest BCUT2D eigenvalue weighted by Crippen LogP contribution is 2.32. The van der Waals surface area contributed by atoms with Crippen LogP contribution in [0, 0.1) is 0 Å². The fourth-order valence-corrected chi connectivity index (χ4v) is 1.62. The number of nitrogens with two attached hydrogens (primary N) is 1. The number of hydrogen-bond acceptors (Lipinski definition) is 2. The van der Waals surface area contributed by atoms with E-state index in [0.29, 0.717) is 6.04 Å². The maximum Gasteiger partial charge on any atom is 0.0551 e. The van der Waals surface area contributed by atoms with Gasteiger partial charge in [0, 0.05) is 12.2 Å². The van der Waals surface area contributed by atoms with Gasteiger partial charge in [-0.15, -0.1) is 0 Å². The average molecular weight is 165 g/mol. The summed E-state index contributed by atoms with van der Waals surface area (Å²) in [6.45, 7) is 2.01. The van der Waals surface area contributed by atoms with Gasteiger partial charge in [-0.1, -0.05) is 0 Å². The molecular formula is C9H15N3. The van der Waals surface area contributed by atoms with Crippen molar-refractivity contribution in [2.45, 2.75) is 38.3 Å². The van der Waals surface area contributed by atoms with Crippen LogP contribution in [0.2, 0.25) is 0 Å². The first-order valence-electron chi connectivity index (χ1n) is 4.58. The summed E-state index contributed by atoms with van der Waals surface area (Å²) in [5.74, 6) is 0. The second-order valence-corrected chi connectivity index (χ2v) is 3.57. The van der Waals surface area contributed by atoms with Gasteiger partial charge in [0.1, 0.15) is 0 Å². The predicted octanol–water partition coefficient (Wildman–Crippen LogP) is 1.63. The average Bonchev–Trinajstić information content (AvgIpc) is 2.31. The predicted molar refractivity (Wildman–Crippen MR) is 47.7 cm³/mol. The van der Waals surface area contributed by atoms with Gasteiger partial charge < -0.3 is 5.73 Å². The van der Waals surface area contributed by atoms with Crippen molar-refractivity contribution in [3.05, 3.63) is 18.0 Å². The molecule has 0 aliphatic heterocycles. The second kappa shape index (κ2) is 2.90. The fraction of sp³-hybridized carbons (Fsp3) is 0.667. The number of hydrogen-bond donors (Lipinski definition) is 1. The quantitative estimate of drug-likeness (QED) is 0.723. The first-order valence-corrected chi connectivity index (χ1v) is 4.58. The number of rotatable bonds is 2. The van der Waals surface area contributed by atoms with Gasteiger partial charge in [-0.2, -0.15) is 5.10 Å². The molecule has 1 aromatic heterocycles. The van der Waals surface area contributed by atoms with Crippen molar-refractivity contribution in [3.8, 4) is 0 Å². The summed E-state index contributed by atoms with van der Waals surface area (Å²) >= 11 is 0. The minimum atomic E-state index is 0.105. The lowest BCUT2D eigenvalue weighted by Gasteiger charge is -2.28. The molecule has 1 aromatic rings. The Kier molecular flexibility index (Phi) is 1.89. The van der Waals surface area contributed by atoms with Gasteiger partial charge in [-0.3, -0.25) is 4.68 Å². The molecule has 1 atom stereocenters. The monoisotopic (exact) mass is 165 g/mol. The Hall–Kier alpha value is -0.830. The molecule has 0 saturated heterocycles. The highest BCUT2D eigenvalue weighted by Gasteiger charge is 2.22. The Balaban J connectivity index is 2.23. The van der Waals surface area contributed by atoms with Crippen LogP contribution in [0.1, 0.15) is 44.0 Å². The van der Waals surface area contributed by atoms with E-state index in [-0.39, 0.29) is 6.04 Å². The molecule has 1 fully saturated rings. The van der Waals surface area contributed by atoms with E-state index in [1.807, 2.05) is 19.2 Å². The van der Waals surface area contributed by atoms with Crippen LogP contribution in [0.4, 0.5) is 0 Å². The van der Waals surface area contributed by atoms with Gasteiger partial charge >= 0.3 is 0 Å². The molecule has 3 nitrogen and oxygen atoms in total. The lowest BCUT2D eigenvalue weighted by atomic mass is 9.93. The summed E-state index contributed by atoms with van der Waals surface area (Å²) < 4.78 is 2.09. The third kappa shape index (κ3) is 1.14. The SMILES string of the molecule is CC(N)c1ccnn1C1CCC1. The molecule has 1 saturated carbocycles. The molecule has 2 rings (SSSR count). The van der Waals surface area contributed by atoms with E-state index in [4.69, 9.17) is 5.73 Å². The number of nitrogens with zero attached hydrogens (tertiary/aromatic N) is 2. The Morgan fingerprint density at radius 3 is 2.92 bits per heavy atom. The van der Waals surface area contributed by atoms with Crippen LogP contribution < -0.4 is 5.73 Å². The summed E-state index contributed by atoms with van der Waals surface area (Å²) in [6.07, 6.45) is 5.71. The normalized spacial score (nSPS) is 20.5. The van der Waals surface area contributed by atoms with Gasteiger partial charge in [0.05, 0.1) is 11.7 Å². The van der Waals surface area contributed by atoms with E-state index < -0.39 is 0 Å². The van der Waals surface area contributed by atoms with Gasteiger partial charge in [-0.05, 0) is 32.3 Å². The van der Waals surface area contributed by atoms with E-state index in [0.717, 1.165) is 0 Å². The summed E-state index contributed by atoms with van der Waals surface area (Å²) in [6, 6.07) is 2.75. The molecular weight excluding hydrogens is 150 g/mol. The molecule has 1 aliphatic rings. The number of aromatic nitrogens is 2. The third-order valence-electron chi connectivity index (χ3n) is 2.59. The van der Waals surface area contributed by atoms with Crippen LogP contribution in [0.3, 0.4) is 0 Å². The van der Waals surface area contributed by atoms with E-state index in [2.05, 4.69) is 9.78 Å². The molecule has 0 aromatic carbocycles. The van der Waals surface area contributed by atoms with Gasteiger partial charge in [0.25, 0.3) is 0 Å². The molecule has 66 valence electrons. The van der Waals surface area contributed by atoms with Crippen LogP contribution in [0.25, 0.3) is 0 Å². The molecule has 1 unspecified atom stereocenters. The van der Waals surface area contributed by atoms with Crippen LogP contribution in [0.15, 0.2) is 12.3 Å². The van der Waals surface area contributed by atoms with E-state index >= 15 is 0 Å². The van der Waals surface area contributed by atoms with Crippen molar-refractivity contribution >= 4 is 0 Å². The van der Waals surface area contributed by atoms with Crippen molar-refractivity contribution < 1.29 is 0 Å². The summed E-state index contributed by atoms with van der Waals surface area (Å²) in [5.41, 5.74) is 6.98. The van der Waals surface area contributed by atoms with Gasteiger partial charge in [0.2, 0.25) is 0 Å². The molecule has 0 amide bonds. The standard InChI is InChI=1S/C9H15N3/c1-7(10)9-5-6-11-12(9)8-3-2-4-8/h5-8H,2-4,10H2,1H3. The molecule has 0 radical (unpaired) electrons. The van der Waals surface area contributed by atoms with Crippen LogP contribution >= 0.6 is 0 Å². The van der Waals surface area contributed by atoms with Crippen molar-refractivity contribution in [3.63, 3.8) is 0 Å². The maximum atomic E-state index is 5.81. The minimum absolute atomic E-state index is 0.105. The second-order valence-electron chi connectivity index (χ2n) is 3.57. The van der Waals surface area contributed by atoms with Crippen LogP contribution in [-0.4, -0.2) is 9.78 Å². The highest BCUT2D eigenvalue weighted by molar-refractivity contribution is 5.07. The minimum Gasteiger partial charge on any atom is -0.323 e. The molecule has 2 N–H and O–H groups in total. The first kappa shape index (κ1) is 7.80. The summed E-state index contributed by atoms with van der Waals surface area (Å²) in [5, 5.41) is 4.30. The van der Waals surface area contributed by atoms with Gasteiger partial charge in [0.15, 0.2) is 0 Å². The molecule has 0 spiro atoms. The Labute approximate surface area is 72.6 Å². The van der Waals surface area contributed by atoms with E-state index in [1.54, 1.807) is 0 Å². The molecule has 0 bridgehead atoms. The molecule has 12 heavy (non-hydrogen) atoms.